The molecule has 0 saturated carbocycles. The summed E-state index contributed by atoms with van der Waals surface area (Å²) in [4.78, 5) is 16.0. The van der Waals surface area contributed by atoms with Crippen LogP contribution in [0, 0.1) is 0 Å². The largest absolute Gasteiger partial charge is 0.448 e. The predicted octanol–water partition coefficient (Wildman–Crippen LogP) is 4.50. The molecule has 28 heavy (non-hydrogen) atoms. The Morgan fingerprint density at radius 3 is 2.36 bits per heavy atom. The van der Waals surface area contributed by atoms with Crippen molar-refractivity contribution in [1.29, 1.82) is 0 Å². The van der Waals surface area contributed by atoms with Crippen molar-refractivity contribution in [3.8, 4) is 22.5 Å². The normalized spacial score (nSPS) is 10.8. The maximum absolute atomic E-state index is 12.9. The smallest absolute Gasteiger partial charge is 0.260 e. The fourth-order valence-electron chi connectivity index (χ4n) is 3.03. The summed E-state index contributed by atoms with van der Waals surface area (Å²) in [6, 6.07) is 20.9. The predicted molar refractivity (Wildman–Crippen MR) is 108 cm³/mol. The third kappa shape index (κ3) is 3.32. The summed E-state index contributed by atoms with van der Waals surface area (Å²) < 4.78 is 5.33. The molecule has 1 amide bonds. The number of carbonyl (C=O) groups excluding carboxylic acids is 1. The van der Waals surface area contributed by atoms with Crippen LogP contribution in [0.1, 0.15) is 17.3 Å². The van der Waals surface area contributed by atoms with E-state index in [0.29, 0.717) is 18.0 Å². The lowest BCUT2D eigenvalue weighted by molar-refractivity contribution is 0.0989. The highest BCUT2D eigenvalue weighted by Gasteiger charge is 2.19. The van der Waals surface area contributed by atoms with E-state index in [9.17, 15) is 4.79 Å². The van der Waals surface area contributed by atoms with Crippen LogP contribution in [-0.2, 0) is 6.54 Å². The molecule has 6 heteroatoms. The van der Waals surface area contributed by atoms with E-state index in [1.54, 1.807) is 36.3 Å². The van der Waals surface area contributed by atoms with Gasteiger partial charge in [0.25, 0.3) is 5.91 Å². The third-order valence-corrected chi connectivity index (χ3v) is 4.51. The average molecular weight is 372 g/mol. The van der Waals surface area contributed by atoms with Crippen molar-refractivity contribution in [3.05, 3.63) is 78.6 Å². The second-order valence-electron chi connectivity index (χ2n) is 6.35. The van der Waals surface area contributed by atoms with Crippen molar-refractivity contribution in [2.24, 2.45) is 0 Å². The number of nitrogens with zero attached hydrogens (tertiary/aromatic N) is 4. The molecular weight excluding hydrogens is 352 g/mol. The van der Waals surface area contributed by atoms with Crippen LogP contribution in [0.2, 0.25) is 0 Å². The number of carbonyl (C=O) groups is 1. The first-order chi connectivity index (χ1) is 13.7. The Hall–Kier alpha value is -3.67. The van der Waals surface area contributed by atoms with Gasteiger partial charge in [-0.25, -0.2) is 0 Å². The number of anilines is 1. The van der Waals surface area contributed by atoms with E-state index in [-0.39, 0.29) is 5.91 Å². The SMILES string of the molecule is CCn1nc(-c2ccccc2)c(-c2cccc(C(=O)N(C)c3ccco3)c2)n1. The Bertz CT molecular complexity index is 1080. The molecule has 140 valence electrons. The number of aromatic nitrogens is 3. The minimum absolute atomic E-state index is 0.152. The Labute approximate surface area is 163 Å². The van der Waals surface area contributed by atoms with Gasteiger partial charge in [-0.1, -0.05) is 42.5 Å². The molecule has 0 aliphatic carbocycles. The summed E-state index contributed by atoms with van der Waals surface area (Å²) in [6.07, 6.45) is 1.55. The van der Waals surface area contributed by atoms with E-state index in [1.165, 1.54) is 4.90 Å². The molecule has 0 spiro atoms. The van der Waals surface area contributed by atoms with Gasteiger partial charge >= 0.3 is 0 Å². The van der Waals surface area contributed by atoms with Gasteiger partial charge in [0.15, 0.2) is 0 Å². The molecule has 2 aromatic carbocycles. The van der Waals surface area contributed by atoms with Gasteiger partial charge in [0.05, 0.1) is 12.8 Å². The molecule has 0 aliphatic heterocycles. The van der Waals surface area contributed by atoms with Gasteiger partial charge in [0, 0.05) is 29.8 Å². The van der Waals surface area contributed by atoms with Crippen molar-refractivity contribution in [1.82, 2.24) is 15.0 Å². The van der Waals surface area contributed by atoms with E-state index < -0.39 is 0 Å². The van der Waals surface area contributed by atoms with Crippen molar-refractivity contribution in [3.63, 3.8) is 0 Å². The molecule has 6 nitrogen and oxygen atoms in total. The second kappa shape index (κ2) is 7.52. The Kier molecular flexibility index (Phi) is 4.76. The highest BCUT2D eigenvalue weighted by molar-refractivity contribution is 6.05. The second-order valence-corrected chi connectivity index (χ2v) is 6.35. The zero-order valence-corrected chi connectivity index (χ0v) is 15.7. The first kappa shape index (κ1) is 17.7. The van der Waals surface area contributed by atoms with Gasteiger partial charge < -0.3 is 4.42 Å². The fraction of sp³-hybridized carbons (Fsp3) is 0.136. The van der Waals surface area contributed by atoms with Gasteiger partial charge in [0.1, 0.15) is 11.4 Å². The first-order valence-electron chi connectivity index (χ1n) is 9.10. The molecule has 4 aromatic rings. The van der Waals surface area contributed by atoms with Crippen LogP contribution in [0.25, 0.3) is 22.5 Å². The third-order valence-electron chi connectivity index (χ3n) is 4.51. The van der Waals surface area contributed by atoms with E-state index in [1.807, 2.05) is 55.5 Å². The molecule has 2 aromatic heterocycles. The molecule has 0 saturated heterocycles. The molecule has 2 heterocycles. The lowest BCUT2D eigenvalue weighted by atomic mass is 10.0. The topological polar surface area (TPSA) is 64.2 Å². The van der Waals surface area contributed by atoms with Gasteiger partial charge in [-0.2, -0.15) is 15.0 Å². The molecule has 0 unspecified atom stereocenters. The molecule has 0 fully saturated rings. The van der Waals surface area contributed by atoms with Crippen LogP contribution >= 0.6 is 0 Å². The van der Waals surface area contributed by atoms with Gasteiger partial charge in [-0.05, 0) is 25.1 Å². The number of hydrogen-bond donors (Lipinski definition) is 0. The summed E-state index contributed by atoms with van der Waals surface area (Å²) in [5.74, 6) is 0.346. The lowest BCUT2D eigenvalue weighted by Gasteiger charge is -2.14. The van der Waals surface area contributed by atoms with Crippen LogP contribution < -0.4 is 4.90 Å². The Morgan fingerprint density at radius 2 is 1.68 bits per heavy atom. The number of benzene rings is 2. The van der Waals surface area contributed by atoms with Crippen LogP contribution in [-0.4, -0.2) is 27.9 Å². The Balaban J connectivity index is 1.74. The minimum atomic E-state index is -0.152. The molecular formula is C22H20N4O2. The van der Waals surface area contributed by atoms with Crippen LogP contribution in [0.4, 0.5) is 5.88 Å². The van der Waals surface area contributed by atoms with Crippen LogP contribution in [0.3, 0.4) is 0 Å². The number of amides is 1. The van der Waals surface area contributed by atoms with Crippen molar-refractivity contribution in [2.75, 3.05) is 11.9 Å². The fourth-order valence-corrected chi connectivity index (χ4v) is 3.03. The summed E-state index contributed by atoms with van der Waals surface area (Å²) in [5.41, 5.74) is 3.94. The summed E-state index contributed by atoms with van der Waals surface area (Å²) >= 11 is 0. The van der Waals surface area contributed by atoms with Crippen molar-refractivity contribution >= 4 is 11.8 Å². The van der Waals surface area contributed by atoms with E-state index in [0.717, 1.165) is 22.5 Å². The molecule has 4 rings (SSSR count). The summed E-state index contributed by atoms with van der Waals surface area (Å²) in [6.45, 7) is 2.66. The molecule has 0 bridgehead atoms. The maximum Gasteiger partial charge on any atom is 0.260 e. The quantitative estimate of drug-likeness (QED) is 0.517. The van der Waals surface area contributed by atoms with E-state index in [2.05, 4.69) is 10.2 Å². The number of aryl methyl sites for hydroxylation is 1. The number of furan rings is 1. The highest BCUT2D eigenvalue weighted by atomic mass is 16.3. The molecule has 0 atom stereocenters. The summed E-state index contributed by atoms with van der Waals surface area (Å²) in [5, 5.41) is 9.25. The van der Waals surface area contributed by atoms with E-state index >= 15 is 0 Å². The first-order valence-corrected chi connectivity index (χ1v) is 9.10. The van der Waals surface area contributed by atoms with Gasteiger partial charge in [-0.3, -0.25) is 9.69 Å². The zero-order chi connectivity index (χ0) is 19.5. The van der Waals surface area contributed by atoms with E-state index in [4.69, 9.17) is 4.42 Å². The van der Waals surface area contributed by atoms with Crippen LogP contribution in [0.15, 0.2) is 77.4 Å². The monoisotopic (exact) mass is 372 g/mol. The van der Waals surface area contributed by atoms with Crippen LogP contribution in [0.5, 0.6) is 0 Å². The maximum atomic E-state index is 12.9. The molecule has 0 aliphatic rings. The van der Waals surface area contributed by atoms with Gasteiger partial charge in [-0.15, -0.1) is 0 Å². The van der Waals surface area contributed by atoms with Gasteiger partial charge in [0.2, 0.25) is 5.88 Å². The van der Waals surface area contributed by atoms with Crippen molar-refractivity contribution < 1.29 is 9.21 Å². The average Bonchev–Trinajstić information content (AvgIpc) is 3.43. The molecule has 0 N–H and O–H groups in total. The van der Waals surface area contributed by atoms with Crippen molar-refractivity contribution in [2.45, 2.75) is 13.5 Å². The Morgan fingerprint density at radius 1 is 0.964 bits per heavy atom. The number of hydrogen-bond acceptors (Lipinski definition) is 4. The standard InChI is InChI=1S/C22H20N4O2/c1-3-26-23-20(16-9-5-4-6-10-16)21(24-26)17-11-7-12-18(15-17)22(27)25(2)19-13-8-14-28-19/h4-15H,3H2,1-2H3. The highest BCUT2D eigenvalue weighted by Crippen LogP contribution is 2.29. The molecule has 0 radical (unpaired) electrons. The minimum Gasteiger partial charge on any atom is -0.448 e. The lowest BCUT2D eigenvalue weighted by Crippen LogP contribution is -2.25. The number of rotatable bonds is 5. The zero-order valence-electron chi connectivity index (χ0n) is 15.7. The summed E-state index contributed by atoms with van der Waals surface area (Å²) in [7, 11) is 1.69.